The van der Waals surface area contributed by atoms with Gasteiger partial charge in [0.25, 0.3) is 0 Å². The molecule has 0 bridgehead atoms. The Labute approximate surface area is 206 Å². The SMILES string of the molecule is CC[C@H]1CC[C@H]2C3=CC=C4C[C@](O)(SCCCC(O)(CC)CC)C[C@H](O)[C@]4(C)[C@H]3CC[C@]12C. The highest BCUT2D eigenvalue weighted by Crippen LogP contribution is 2.66. The average molecular weight is 477 g/mol. The van der Waals surface area contributed by atoms with Crippen LogP contribution < -0.4 is 0 Å². The minimum absolute atomic E-state index is 0.243. The predicted molar refractivity (Wildman–Crippen MR) is 139 cm³/mol. The molecule has 0 heterocycles. The number of allylic oxidation sites excluding steroid dienone is 3. The topological polar surface area (TPSA) is 60.7 Å². The second-order valence-corrected chi connectivity index (χ2v) is 13.7. The van der Waals surface area contributed by atoms with E-state index in [-0.39, 0.29) is 5.41 Å². The van der Waals surface area contributed by atoms with Crippen molar-refractivity contribution in [1.29, 1.82) is 0 Å². The number of fused-ring (bicyclic) bond motifs is 5. The maximum Gasteiger partial charge on any atom is 0.116 e. The molecule has 0 aromatic heterocycles. The van der Waals surface area contributed by atoms with Crippen LogP contribution in [-0.4, -0.2) is 37.7 Å². The Bertz CT molecular complexity index is 786. The maximum atomic E-state index is 11.5. The summed E-state index contributed by atoms with van der Waals surface area (Å²) in [6.07, 6.45) is 14.8. The highest BCUT2D eigenvalue weighted by molar-refractivity contribution is 8.00. The third kappa shape index (κ3) is 4.30. The van der Waals surface area contributed by atoms with E-state index in [1.807, 2.05) is 13.8 Å². The van der Waals surface area contributed by atoms with Crippen LogP contribution in [0.4, 0.5) is 0 Å². The van der Waals surface area contributed by atoms with Crippen LogP contribution in [-0.2, 0) is 0 Å². The fourth-order valence-corrected chi connectivity index (χ4v) is 9.41. The summed E-state index contributed by atoms with van der Waals surface area (Å²) in [5, 5.41) is 33.6. The van der Waals surface area contributed by atoms with Crippen molar-refractivity contribution in [2.45, 2.75) is 122 Å². The number of hydrogen-bond acceptors (Lipinski definition) is 4. The molecule has 0 amide bonds. The Balaban J connectivity index is 1.49. The lowest BCUT2D eigenvalue weighted by Crippen LogP contribution is -2.54. The van der Waals surface area contributed by atoms with Gasteiger partial charge in [0.1, 0.15) is 4.93 Å². The van der Waals surface area contributed by atoms with Gasteiger partial charge in [-0.3, -0.25) is 0 Å². The number of hydrogen-bond donors (Lipinski definition) is 3. The van der Waals surface area contributed by atoms with Crippen LogP contribution in [0.1, 0.15) is 105 Å². The number of aliphatic hydroxyl groups excluding tert-OH is 1. The van der Waals surface area contributed by atoms with Gasteiger partial charge in [-0.15, -0.1) is 11.8 Å². The third-order valence-corrected chi connectivity index (χ3v) is 12.2. The zero-order chi connectivity index (χ0) is 24.1. The molecule has 0 spiro atoms. The van der Waals surface area contributed by atoms with E-state index in [4.69, 9.17) is 0 Å². The highest BCUT2D eigenvalue weighted by atomic mass is 32.2. The standard InChI is InChI=1S/C29H48O3S/c1-6-20-11-13-23-22-12-10-21-18-29(32,33-17-9-15-28(31,7-2)8-3)19-25(30)27(21,5)24(22)14-16-26(20,23)4/h10,12,20,23-25,30-32H,6-9,11,13-19H2,1-5H3/t20-,23-,24-,25-,26+,27-,29-/m0/s1. The van der Waals surface area contributed by atoms with Gasteiger partial charge in [-0.2, -0.15) is 0 Å². The summed E-state index contributed by atoms with van der Waals surface area (Å²) < 4.78 is 0. The highest BCUT2D eigenvalue weighted by Gasteiger charge is 2.59. The van der Waals surface area contributed by atoms with Crippen molar-refractivity contribution in [2.24, 2.45) is 28.6 Å². The van der Waals surface area contributed by atoms with Gasteiger partial charge in [0.2, 0.25) is 0 Å². The molecule has 4 aliphatic rings. The zero-order valence-electron chi connectivity index (χ0n) is 21.7. The molecule has 33 heavy (non-hydrogen) atoms. The molecule has 0 saturated heterocycles. The van der Waals surface area contributed by atoms with Crippen LogP contribution >= 0.6 is 11.8 Å². The molecule has 4 aliphatic carbocycles. The van der Waals surface area contributed by atoms with E-state index in [9.17, 15) is 15.3 Å². The Kier molecular flexibility index (Phi) is 7.27. The Morgan fingerprint density at radius 3 is 2.45 bits per heavy atom. The van der Waals surface area contributed by atoms with Crippen LogP contribution in [0.5, 0.6) is 0 Å². The lowest BCUT2D eigenvalue weighted by Gasteiger charge is -2.57. The van der Waals surface area contributed by atoms with Crippen LogP contribution in [0.3, 0.4) is 0 Å². The lowest BCUT2D eigenvalue weighted by atomic mass is 9.49. The maximum absolute atomic E-state index is 11.5. The smallest absolute Gasteiger partial charge is 0.116 e. The number of thioether (sulfide) groups is 1. The first-order valence-corrected chi connectivity index (χ1v) is 14.7. The molecule has 3 fully saturated rings. The van der Waals surface area contributed by atoms with E-state index in [0.29, 0.717) is 30.1 Å². The quantitative estimate of drug-likeness (QED) is 0.272. The van der Waals surface area contributed by atoms with Crippen molar-refractivity contribution < 1.29 is 15.3 Å². The lowest BCUT2D eigenvalue weighted by molar-refractivity contribution is -0.0628. The van der Waals surface area contributed by atoms with Gasteiger partial charge < -0.3 is 15.3 Å². The fourth-order valence-electron chi connectivity index (χ4n) is 8.21. The third-order valence-electron chi connectivity index (χ3n) is 10.8. The van der Waals surface area contributed by atoms with Crippen molar-refractivity contribution >= 4 is 11.8 Å². The number of aliphatic hydroxyl groups is 3. The summed E-state index contributed by atoms with van der Waals surface area (Å²) in [5.74, 6) is 2.73. The second-order valence-electron chi connectivity index (χ2n) is 12.2. The van der Waals surface area contributed by atoms with E-state index < -0.39 is 16.6 Å². The Hall–Kier alpha value is -0.290. The largest absolute Gasteiger partial charge is 0.392 e. The predicted octanol–water partition coefficient (Wildman–Crippen LogP) is 6.62. The van der Waals surface area contributed by atoms with Crippen LogP contribution in [0.2, 0.25) is 0 Å². The van der Waals surface area contributed by atoms with E-state index in [1.165, 1.54) is 37.7 Å². The van der Waals surface area contributed by atoms with E-state index in [2.05, 4.69) is 32.9 Å². The Morgan fingerprint density at radius 1 is 1.06 bits per heavy atom. The van der Waals surface area contributed by atoms with Gasteiger partial charge in [0.15, 0.2) is 0 Å². The molecule has 188 valence electrons. The van der Waals surface area contributed by atoms with E-state index in [1.54, 1.807) is 17.3 Å². The van der Waals surface area contributed by atoms with E-state index >= 15 is 0 Å². The molecule has 0 radical (unpaired) electrons. The molecule has 0 aliphatic heterocycles. The summed E-state index contributed by atoms with van der Waals surface area (Å²) in [5.41, 5.74) is 2.45. The average Bonchev–Trinajstić information content (AvgIpc) is 3.14. The molecular weight excluding hydrogens is 428 g/mol. The van der Waals surface area contributed by atoms with Crippen LogP contribution in [0.25, 0.3) is 0 Å². The van der Waals surface area contributed by atoms with Gasteiger partial charge in [-0.25, -0.2) is 0 Å². The van der Waals surface area contributed by atoms with Crippen LogP contribution in [0.15, 0.2) is 23.3 Å². The molecule has 4 heteroatoms. The molecule has 3 N–H and O–H groups in total. The molecular formula is C29H48O3S. The first kappa shape index (κ1) is 25.8. The normalized spacial score (nSPS) is 42.8. The molecule has 3 saturated carbocycles. The summed E-state index contributed by atoms with van der Waals surface area (Å²) in [4.78, 5) is -0.906. The van der Waals surface area contributed by atoms with Crippen molar-refractivity contribution in [3.63, 3.8) is 0 Å². The van der Waals surface area contributed by atoms with Gasteiger partial charge in [-0.05, 0) is 80.3 Å². The van der Waals surface area contributed by atoms with E-state index in [0.717, 1.165) is 37.4 Å². The molecule has 0 aromatic carbocycles. The Morgan fingerprint density at radius 2 is 1.79 bits per heavy atom. The molecule has 7 atom stereocenters. The van der Waals surface area contributed by atoms with Gasteiger partial charge >= 0.3 is 0 Å². The summed E-state index contributed by atoms with van der Waals surface area (Å²) in [6.45, 7) is 11.3. The van der Waals surface area contributed by atoms with Crippen molar-refractivity contribution in [1.82, 2.24) is 0 Å². The van der Waals surface area contributed by atoms with Gasteiger partial charge in [0, 0.05) is 18.3 Å². The molecule has 3 nitrogen and oxygen atoms in total. The molecule has 4 rings (SSSR count). The van der Waals surface area contributed by atoms with Crippen molar-refractivity contribution in [2.75, 3.05) is 5.75 Å². The number of rotatable bonds is 8. The second kappa shape index (κ2) is 9.30. The van der Waals surface area contributed by atoms with Crippen molar-refractivity contribution in [3.05, 3.63) is 23.3 Å². The minimum Gasteiger partial charge on any atom is -0.392 e. The minimum atomic E-state index is -0.906. The van der Waals surface area contributed by atoms with Crippen LogP contribution in [0, 0.1) is 28.6 Å². The summed E-state index contributed by atoms with van der Waals surface area (Å²) >= 11 is 1.59. The van der Waals surface area contributed by atoms with Gasteiger partial charge in [0.05, 0.1) is 11.7 Å². The fraction of sp³-hybridized carbons (Fsp3) is 0.862. The first-order valence-electron chi connectivity index (χ1n) is 13.7. The summed E-state index contributed by atoms with van der Waals surface area (Å²) in [7, 11) is 0. The monoisotopic (exact) mass is 476 g/mol. The van der Waals surface area contributed by atoms with Crippen molar-refractivity contribution in [3.8, 4) is 0 Å². The van der Waals surface area contributed by atoms with Gasteiger partial charge in [-0.1, -0.05) is 64.3 Å². The zero-order valence-corrected chi connectivity index (χ0v) is 22.5. The molecule has 0 unspecified atom stereocenters. The summed E-state index contributed by atoms with van der Waals surface area (Å²) in [6, 6.07) is 0. The molecule has 0 aromatic rings. The first-order chi connectivity index (χ1) is 15.5.